The monoisotopic (exact) mass is 1400 g/mol. The van der Waals surface area contributed by atoms with Crippen molar-refractivity contribution in [1.29, 1.82) is 0 Å². The molecule has 0 saturated carbocycles. The highest BCUT2D eigenvalue weighted by molar-refractivity contribution is 9.11. The van der Waals surface area contributed by atoms with Gasteiger partial charge in [0, 0.05) is 16.7 Å². The van der Waals surface area contributed by atoms with Gasteiger partial charge in [0.15, 0.2) is 17.0 Å². The molecule has 0 unspecified atom stereocenters. The zero-order valence-electron chi connectivity index (χ0n) is 43.5. The third-order valence-electron chi connectivity index (χ3n) is 13.7. The summed E-state index contributed by atoms with van der Waals surface area (Å²) in [4.78, 5) is 11.8. The van der Waals surface area contributed by atoms with E-state index in [0.29, 0.717) is 75.7 Å². The number of phenolic OH excluding ortho intramolecular Hbond substituents is 5. The van der Waals surface area contributed by atoms with Gasteiger partial charge < -0.3 is 25.5 Å². The van der Waals surface area contributed by atoms with Crippen LogP contribution >= 0.6 is 78.3 Å². The Kier molecular flexibility index (Phi) is 17.5. The maximum Gasteiger partial charge on any atom is 0.298 e. The van der Waals surface area contributed by atoms with Crippen LogP contribution in [0.4, 0.5) is 0 Å². The quantitative estimate of drug-likeness (QED) is 0.0888. The van der Waals surface area contributed by atoms with E-state index < -0.39 is 41.6 Å². The molecular formula is C60H42Br2Cl4O15S3. The third-order valence-corrected chi connectivity index (χ3v) is 20.1. The summed E-state index contributed by atoms with van der Waals surface area (Å²) >= 11 is 30.9. The van der Waals surface area contributed by atoms with Crippen molar-refractivity contribution in [1.82, 2.24) is 0 Å². The Balaban J connectivity index is 0.000000151. The standard InChI is InChI=1S/C21H16Br2O5S.C20H14Cl2O5S.C19H12Cl2O5S/c1-11-7-13(9-16(22)19(11)24)21(14-8-12(2)20(25)17(23)10-14)15-5-3-4-6-18(15)29(26,27)28-21;1-27-28(25,26)19-5-3-2-4-14(19)20(12-6-8-17(23)15(21)10-12)13-7-9-18(24)16(22)11-13;20-14-9-11(5-7-16(14)22)19(12-6-8-17(23)15(21)10-12)13-3-1-2-4-18(13)27(24,25)26-19/h3-10,24-25H,1-2H3;2-11,23H,1H3;1-10,22-23H/b;20-13+;. The zero-order valence-corrected chi connectivity index (χ0v) is 52.1. The second-order valence-electron chi connectivity index (χ2n) is 18.8. The lowest BCUT2D eigenvalue weighted by Gasteiger charge is -2.30. The van der Waals surface area contributed by atoms with Gasteiger partial charge in [-0.1, -0.05) is 125 Å². The van der Waals surface area contributed by atoms with Crippen molar-refractivity contribution in [3.8, 4) is 28.7 Å². The van der Waals surface area contributed by atoms with Crippen molar-refractivity contribution in [2.75, 3.05) is 7.11 Å². The highest BCUT2D eigenvalue weighted by atomic mass is 79.9. The van der Waals surface area contributed by atoms with Crippen LogP contribution < -0.4 is 0 Å². The molecule has 0 aromatic heterocycles. The number of ketones is 1. The molecule has 0 saturated heterocycles. The summed E-state index contributed by atoms with van der Waals surface area (Å²) in [6.45, 7) is 3.45. The highest BCUT2D eigenvalue weighted by Crippen LogP contribution is 2.54. The average molecular weight is 1400 g/mol. The Labute approximate surface area is 519 Å². The number of aromatic hydroxyl groups is 5. The van der Waals surface area contributed by atoms with E-state index in [-0.39, 0.29) is 69.3 Å². The van der Waals surface area contributed by atoms with Gasteiger partial charge in [0.2, 0.25) is 0 Å². The highest BCUT2D eigenvalue weighted by Gasteiger charge is 2.53. The summed E-state index contributed by atoms with van der Waals surface area (Å²) in [6.07, 6.45) is 4.30. The number of hydrogen-bond donors (Lipinski definition) is 5. The van der Waals surface area contributed by atoms with E-state index in [4.69, 9.17) is 54.8 Å². The topological polar surface area (TPSA) is 248 Å². The summed E-state index contributed by atoms with van der Waals surface area (Å²) in [5.74, 6) is -0.620. The number of fused-ring (bicyclic) bond motifs is 2. The minimum absolute atomic E-state index is 0.00745. The summed E-state index contributed by atoms with van der Waals surface area (Å²) in [7, 11) is -11.1. The van der Waals surface area contributed by atoms with Gasteiger partial charge in [-0.2, -0.15) is 25.3 Å². The second kappa shape index (κ2) is 23.8. The number of carbonyl (C=O) groups excluding carboxylic acids is 1. The number of carbonyl (C=O) groups is 1. The van der Waals surface area contributed by atoms with Gasteiger partial charge in [0.05, 0.1) is 36.2 Å². The van der Waals surface area contributed by atoms with E-state index in [0.717, 1.165) is 7.11 Å². The molecule has 8 aromatic carbocycles. The molecule has 0 atom stereocenters. The maximum atomic E-state index is 12.9. The van der Waals surface area contributed by atoms with E-state index in [1.807, 2.05) is 0 Å². The molecule has 0 radical (unpaired) electrons. The fourth-order valence-corrected chi connectivity index (χ4v) is 15.3. The Hall–Kier alpha value is -6.50. The van der Waals surface area contributed by atoms with Crippen LogP contribution in [0.25, 0.3) is 5.57 Å². The number of benzene rings is 8. The van der Waals surface area contributed by atoms with E-state index in [9.17, 15) is 55.6 Å². The number of phenols is 5. The minimum atomic E-state index is -4.07. The van der Waals surface area contributed by atoms with E-state index in [2.05, 4.69) is 36.0 Å². The van der Waals surface area contributed by atoms with Crippen molar-refractivity contribution >= 4 is 120 Å². The molecule has 0 fully saturated rings. The second-order valence-corrected chi connectivity index (χ2v) is 26.9. The average Bonchev–Trinajstić information content (AvgIpc) is 1.57. The maximum absolute atomic E-state index is 12.9. The third kappa shape index (κ3) is 11.4. The summed E-state index contributed by atoms with van der Waals surface area (Å²) < 4.78 is 93.3. The van der Waals surface area contributed by atoms with Crippen molar-refractivity contribution in [2.45, 2.75) is 39.7 Å². The lowest BCUT2D eigenvalue weighted by Crippen LogP contribution is -2.30. The van der Waals surface area contributed by atoms with Crippen molar-refractivity contribution in [3.63, 3.8) is 0 Å². The molecule has 1 aliphatic carbocycles. The summed E-state index contributed by atoms with van der Waals surface area (Å²) in [5, 5.41) is 49.9. The molecule has 24 heteroatoms. The molecule has 8 aromatic rings. The molecule has 0 spiro atoms. The van der Waals surface area contributed by atoms with Crippen molar-refractivity contribution in [2.24, 2.45) is 0 Å². The number of hydrogen-bond acceptors (Lipinski definition) is 15. The van der Waals surface area contributed by atoms with E-state index >= 15 is 0 Å². The fourth-order valence-electron chi connectivity index (χ4n) is 9.72. The van der Waals surface area contributed by atoms with E-state index in [1.54, 1.807) is 105 Å². The van der Waals surface area contributed by atoms with Gasteiger partial charge in [0.25, 0.3) is 30.4 Å². The Morgan fingerprint density at radius 1 is 0.548 bits per heavy atom. The molecule has 2 heterocycles. The van der Waals surface area contributed by atoms with Crippen LogP contribution in [0.15, 0.2) is 204 Å². The predicted molar refractivity (Wildman–Crippen MR) is 324 cm³/mol. The van der Waals surface area contributed by atoms with Crippen LogP contribution in [0.1, 0.15) is 55.6 Å². The smallest absolute Gasteiger partial charge is 0.298 e. The summed E-state index contributed by atoms with van der Waals surface area (Å²) in [5.41, 5.74) is 2.60. The molecule has 432 valence electrons. The minimum Gasteiger partial charge on any atom is -0.506 e. The van der Waals surface area contributed by atoms with Crippen LogP contribution in [0.5, 0.6) is 28.7 Å². The van der Waals surface area contributed by atoms with Gasteiger partial charge in [-0.05, 0) is 187 Å². The van der Waals surface area contributed by atoms with Crippen LogP contribution in [-0.4, -0.2) is 63.7 Å². The molecule has 5 N–H and O–H groups in total. The van der Waals surface area contributed by atoms with Gasteiger partial charge in [-0.15, -0.1) is 0 Å². The molecule has 0 amide bonds. The normalized spacial score (nSPS) is 16.5. The van der Waals surface area contributed by atoms with Crippen molar-refractivity contribution < 1.29 is 68.1 Å². The molecule has 2 aliphatic heterocycles. The number of rotatable bonds is 8. The molecule has 3 aliphatic rings. The first-order valence-corrected chi connectivity index (χ1v) is 31.7. The lowest BCUT2D eigenvalue weighted by atomic mass is 9.79. The first-order chi connectivity index (χ1) is 39.6. The predicted octanol–water partition coefficient (Wildman–Crippen LogP) is 14.1. The first-order valence-electron chi connectivity index (χ1n) is 24.4. The van der Waals surface area contributed by atoms with Gasteiger partial charge >= 0.3 is 0 Å². The van der Waals surface area contributed by atoms with Gasteiger partial charge in [-0.3, -0.25) is 8.98 Å². The van der Waals surface area contributed by atoms with Crippen molar-refractivity contribution in [3.05, 3.63) is 260 Å². The molecular weight excluding hydrogens is 1360 g/mol. The Bertz CT molecular complexity index is 4360. The van der Waals surface area contributed by atoms with Crippen LogP contribution in [0.2, 0.25) is 15.1 Å². The molecule has 11 rings (SSSR count). The van der Waals surface area contributed by atoms with Gasteiger partial charge in [-0.25, -0.2) is 8.37 Å². The van der Waals surface area contributed by atoms with E-state index in [1.165, 1.54) is 78.9 Å². The Morgan fingerprint density at radius 3 is 1.42 bits per heavy atom. The Morgan fingerprint density at radius 2 is 0.976 bits per heavy atom. The van der Waals surface area contributed by atoms with Crippen LogP contribution in [-0.2, 0) is 58.9 Å². The zero-order chi connectivity index (χ0) is 61.0. The van der Waals surface area contributed by atoms with Crippen LogP contribution in [0.3, 0.4) is 0 Å². The number of allylic oxidation sites excluding steroid dienone is 5. The molecule has 84 heavy (non-hydrogen) atoms. The number of halogens is 6. The fraction of sp³-hybridized carbons (Fsp3) is 0.0833. The largest absolute Gasteiger partial charge is 0.506 e. The van der Waals surface area contributed by atoms with Gasteiger partial charge in [0.1, 0.15) is 43.4 Å². The molecule has 0 bridgehead atoms. The molecule has 15 nitrogen and oxygen atoms in total. The number of aryl methyl sites for hydroxylation is 2. The lowest BCUT2D eigenvalue weighted by molar-refractivity contribution is -0.110. The SMILES string of the molecule is COS(=O)(=O)c1ccccc1/C(=C1\C=CC(=O)C(Cl)=C1)c1ccc(O)c(Cl)c1.Cc1cc(C2(c3cc(C)c(O)c(Br)c3)OS(=O)(=O)c3ccccc32)cc(Br)c1O.O=S1(=O)OC(c2ccc(O)c(Cl)c2)(c2ccc(O)c(Cl)c2)c2ccccc21. The summed E-state index contributed by atoms with van der Waals surface area (Å²) in [6, 6.07) is 39.1. The van der Waals surface area contributed by atoms with Crippen LogP contribution in [0, 0.1) is 13.8 Å². The first kappa shape index (κ1) is 62.0.